The van der Waals surface area contributed by atoms with Gasteiger partial charge in [0.25, 0.3) is 0 Å². The number of carbonyl (C=O) groups excluding carboxylic acids is 2. The molecule has 2 aromatic rings. The molecule has 0 saturated heterocycles. The van der Waals surface area contributed by atoms with Gasteiger partial charge in [-0.15, -0.1) is 6.58 Å². The fourth-order valence-electron chi connectivity index (χ4n) is 2.16. The fraction of sp³-hybridized carbons (Fsp3) is 0.158. The van der Waals surface area contributed by atoms with Crippen molar-refractivity contribution >= 4 is 28.9 Å². The van der Waals surface area contributed by atoms with Gasteiger partial charge in [0, 0.05) is 30.5 Å². The van der Waals surface area contributed by atoms with Crippen molar-refractivity contribution in [1.29, 1.82) is 0 Å². The number of anilines is 3. The Kier molecular flexibility index (Phi) is 6.14. The van der Waals surface area contributed by atoms with Gasteiger partial charge in [-0.3, -0.25) is 9.59 Å². The summed E-state index contributed by atoms with van der Waals surface area (Å²) in [6.45, 7) is 5.37. The second kappa shape index (κ2) is 8.53. The second-order valence-electron chi connectivity index (χ2n) is 5.30. The van der Waals surface area contributed by atoms with E-state index in [1.165, 1.54) is 11.8 Å². The Balaban J connectivity index is 1.92. The Bertz CT molecular complexity index is 696. The van der Waals surface area contributed by atoms with Crippen LogP contribution in [-0.4, -0.2) is 29.8 Å². The summed E-state index contributed by atoms with van der Waals surface area (Å²) < 4.78 is 0. The predicted octanol–water partition coefficient (Wildman–Crippen LogP) is 3.40. The first kappa shape index (κ1) is 17.3. The van der Waals surface area contributed by atoms with Crippen LogP contribution in [0.15, 0.2) is 67.3 Å². The zero-order valence-corrected chi connectivity index (χ0v) is 13.7. The number of hydrogen-bond donors (Lipinski definition) is 2. The van der Waals surface area contributed by atoms with E-state index >= 15 is 0 Å². The molecule has 2 amide bonds. The molecule has 124 valence electrons. The third-order valence-electron chi connectivity index (χ3n) is 3.36. The summed E-state index contributed by atoms with van der Waals surface area (Å²) >= 11 is 0. The van der Waals surface area contributed by atoms with Gasteiger partial charge in [-0.2, -0.15) is 0 Å². The first-order chi connectivity index (χ1) is 11.6. The van der Waals surface area contributed by atoms with Crippen LogP contribution in [0.4, 0.5) is 17.1 Å². The first-order valence-corrected chi connectivity index (χ1v) is 7.67. The highest BCUT2D eigenvalue weighted by Gasteiger charge is 2.12. The molecule has 0 aromatic heterocycles. The summed E-state index contributed by atoms with van der Waals surface area (Å²) in [4.78, 5) is 24.9. The second-order valence-corrected chi connectivity index (χ2v) is 5.30. The largest absolute Gasteiger partial charge is 0.356 e. The van der Waals surface area contributed by atoms with Crippen LogP contribution in [0.3, 0.4) is 0 Å². The molecule has 0 spiro atoms. The minimum atomic E-state index is -0.240. The molecule has 0 saturated carbocycles. The van der Waals surface area contributed by atoms with Gasteiger partial charge in [0.15, 0.2) is 0 Å². The van der Waals surface area contributed by atoms with Gasteiger partial charge in [-0.1, -0.05) is 24.3 Å². The van der Waals surface area contributed by atoms with E-state index in [0.29, 0.717) is 12.2 Å². The molecule has 5 heteroatoms. The van der Waals surface area contributed by atoms with Crippen LogP contribution in [0.5, 0.6) is 0 Å². The highest BCUT2D eigenvalue weighted by atomic mass is 16.2. The van der Waals surface area contributed by atoms with E-state index in [4.69, 9.17) is 0 Å². The number of rotatable bonds is 7. The van der Waals surface area contributed by atoms with Crippen LogP contribution in [0, 0.1) is 0 Å². The molecule has 0 heterocycles. The van der Waals surface area contributed by atoms with Crippen molar-refractivity contribution < 1.29 is 9.59 Å². The van der Waals surface area contributed by atoms with Gasteiger partial charge in [0.2, 0.25) is 11.8 Å². The maximum atomic E-state index is 12.0. The van der Waals surface area contributed by atoms with Crippen LogP contribution in [0.1, 0.15) is 6.92 Å². The van der Waals surface area contributed by atoms with Gasteiger partial charge in [0.1, 0.15) is 6.54 Å². The Morgan fingerprint density at radius 2 is 1.58 bits per heavy atom. The zero-order chi connectivity index (χ0) is 17.4. The third-order valence-corrected chi connectivity index (χ3v) is 3.36. The maximum Gasteiger partial charge on any atom is 0.244 e. The van der Waals surface area contributed by atoms with E-state index in [1.807, 2.05) is 54.6 Å². The standard InChI is InChI=1S/C19H21N3O2/c1-3-13-22(15(2)23)14-19(24)21-18-11-9-17(10-12-18)20-16-7-5-4-6-8-16/h3-12,20H,1,13-14H2,2H3,(H,21,24). The van der Waals surface area contributed by atoms with Crippen LogP contribution < -0.4 is 10.6 Å². The average Bonchev–Trinajstić information content (AvgIpc) is 2.57. The molecular weight excluding hydrogens is 302 g/mol. The van der Waals surface area contributed by atoms with Gasteiger partial charge < -0.3 is 15.5 Å². The number of para-hydroxylation sites is 1. The van der Waals surface area contributed by atoms with Crippen LogP contribution >= 0.6 is 0 Å². The lowest BCUT2D eigenvalue weighted by Crippen LogP contribution is -2.36. The normalized spacial score (nSPS) is 9.88. The molecule has 2 N–H and O–H groups in total. The number of nitrogens with one attached hydrogen (secondary N) is 2. The maximum absolute atomic E-state index is 12.0. The summed E-state index contributed by atoms with van der Waals surface area (Å²) in [6, 6.07) is 17.2. The molecule has 0 atom stereocenters. The SMILES string of the molecule is C=CCN(CC(=O)Nc1ccc(Nc2ccccc2)cc1)C(C)=O. The number of carbonyl (C=O) groups is 2. The van der Waals surface area contributed by atoms with Gasteiger partial charge in [0.05, 0.1) is 0 Å². The summed E-state index contributed by atoms with van der Waals surface area (Å²) in [5.41, 5.74) is 2.60. The highest BCUT2D eigenvalue weighted by molar-refractivity contribution is 5.94. The van der Waals surface area contributed by atoms with E-state index in [2.05, 4.69) is 17.2 Å². The van der Waals surface area contributed by atoms with Gasteiger partial charge in [-0.25, -0.2) is 0 Å². The molecule has 24 heavy (non-hydrogen) atoms. The predicted molar refractivity (Wildman–Crippen MR) is 97.2 cm³/mol. The van der Waals surface area contributed by atoms with Crippen molar-refractivity contribution in [2.24, 2.45) is 0 Å². The lowest BCUT2D eigenvalue weighted by atomic mass is 10.2. The quantitative estimate of drug-likeness (QED) is 0.768. The van der Waals surface area contributed by atoms with E-state index in [-0.39, 0.29) is 18.4 Å². The molecule has 0 radical (unpaired) electrons. The van der Waals surface area contributed by atoms with Crippen molar-refractivity contribution in [1.82, 2.24) is 4.90 Å². The van der Waals surface area contributed by atoms with Crippen molar-refractivity contribution in [2.75, 3.05) is 23.7 Å². The molecule has 0 aliphatic carbocycles. The minimum Gasteiger partial charge on any atom is -0.356 e. The lowest BCUT2D eigenvalue weighted by Gasteiger charge is -2.18. The van der Waals surface area contributed by atoms with Gasteiger partial charge in [-0.05, 0) is 36.4 Å². The topological polar surface area (TPSA) is 61.4 Å². The molecule has 2 rings (SSSR count). The molecule has 0 aliphatic heterocycles. The van der Waals surface area contributed by atoms with E-state index in [0.717, 1.165) is 11.4 Å². The molecule has 0 aliphatic rings. The summed E-state index contributed by atoms with van der Waals surface area (Å²) in [7, 11) is 0. The fourth-order valence-corrected chi connectivity index (χ4v) is 2.16. The lowest BCUT2D eigenvalue weighted by molar-refractivity contribution is -0.132. The van der Waals surface area contributed by atoms with E-state index < -0.39 is 0 Å². The smallest absolute Gasteiger partial charge is 0.244 e. The Hall–Kier alpha value is -3.08. The van der Waals surface area contributed by atoms with Crippen molar-refractivity contribution in [2.45, 2.75) is 6.92 Å². The molecule has 0 unspecified atom stereocenters. The molecule has 0 bridgehead atoms. The van der Waals surface area contributed by atoms with E-state index in [9.17, 15) is 9.59 Å². The molecule has 0 fully saturated rings. The highest BCUT2D eigenvalue weighted by Crippen LogP contribution is 2.18. The van der Waals surface area contributed by atoms with Crippen LogP contribution in [0.2, 0.25) is 0 Å². The number of benzene rings is 2. The summed E-state index contributed by atoms with van der Waals surface area (Å²) in [5.74, 6) is -0.400. The average molecular weight is 323 g/mol. The van der Waals surface area contributed by atoms with Crippen molar-refractivity contribution in [3.05, 3.63) is 67.3 Å². The third kappa shape index (κ3) is 5.28. The molecule has 5 nitrogen and oxygen atoms in total. The minimum absolute atomic E-state index is 0.00533. The monoisotopic (exact) mass is 323 g/mol. The summed E-state index contributed by atoms with van der Waals surface area (Å²) in [6.07, 6.45) is 1.60. The molecular formula is C19H21N3O2. The Morgan fingerprint density at radius 3 is 2.17 bits per heavy atom. The van der Waals surface area contributed by atoms with E-state index in [1.54, 1.807) is 6.08 Å². The Morgan fingerprint density at radius 1 is 1.00 bits per heavy atom. The first-order valence-electron chi connectivity index (χ1n) is 7.67. The number of amides is 2. The molecule has 2 aromatic carbocycles. The van der Waals surface area contributed by atoms with Crippen molar-refractivity contribution in [3.63, 3.8) is 0 Å². The van der Waals surface area contributed by atoms with Crippen LogP contribution in [0.25, 0.3) is 0 Å². The zero-order valence-electron chi connectivity index (χ0n) is 13.7. The Labute approximate surface area is 142 Å². The summed E-state index contributed by atoms with van der Waals surface area (Å²) in [5, 5.41) is 6.05. The number of nitrogens with zero attached hydrogens (tertiary/aromatic N) is 1. The van der Waals surface area contributed by atoms with Crippen LogP contribution in [-0.2, 0) is 9.59 Å². The van der Waals surface area contributed by atoms with Gasteiger partial charge >= 0.3 is 0 Å². The van der Waals surface area contributed by atoms with Crippen molar-refractivity contribution in [3.8, 4) is 0 Å². The number of hydrogen-bond acceptors (Lipinski definition) is 3.